The number of carbonyl (C=O) groups is 1. The van der Waals surface area contributed by atoms with Crippen LogP contribution in [-0.4, -0.2) is 16.1 Å². The molecule has 0 N–H and O–H groups in total. The third kappa shape index (κ3) is 4.45. The Morgan fingerprint density at radius 1 is 1.20 bits per heavy atom. The fourth-order valence-corrected chi connectivity index (χ4v) is 2.59. The summed E-state index contributed by atoms with van der Waals surface area (Å²) in [6.07, 6.45) is 1.25. The van der Waals surface area contributed by atoms with E-state index in [2.05, 4.69) is 10.1 Å². The second-order valence-electron chi connectivity index (χ2n) is 5.46. The summed E-state index contributed by atoms with van der Waals surface area (Å²) in [5.41, 5.74) is 1.81. The monoisotopic (exact) mass is 356 g/mol. The maximum absolute atomic E-state index is 12.0. The maximum Gasteiger partial charge on any atom is 0.311 e. The molecule has 1 heterocycles. The lowest BCUT2D eigenvalue weighted by atomic mass is 10.1. The van der Waals surface area contributed by atoms with Crippen molar-refractivity contribution in [3.63, 3.8) is 0 Å². The first-order valence-electron chi connectivity index (χ1n) is 8.03. The van der Waals surface area contributed by atoms with Crippen LogP contribution in [0.3, 0.4) is 0 Å². The summed E-state index contributed by atoms with van der Waals surface area (Å²) in [4.78, 5) is 16.3. The molecule has 0 amide bonds. The average molecular weight is 357 g/mol. The van der Waals surface area contributed by atoms with Gasteiger partial charge in [0.25, 0.3) is 0 Å². The lowest BCUT2D eigenvalue weighted by Crippen LogP contribution is -2.09. The van der Waals surface area contributed by atoms with Gasteiger partial charge in [-0.1, -0.05) is 54.0 Å². The smallest absolute Gasteiger partial charge is 0.311 e. The van der Waals surface area contributed by atoms with Gasteiger partial charge in [0.1, 0.15) is 5.75 Å². The van der Waals surface area contributed by atoms with Crippen molar-refractivity contribution in [2.45, 2.75) is 26.2 Å². The van der Waals surface area contributed by atoms with E-state index in [4.69, 9.17) is 20.9 Å². The van der Waals surface area contributed by atoms with Crippen LogP contribution in [0.1, 0.15) is 24.8 Å². The number of hydrogen-bond donors (Lipinski definition) is 0. The summed E-state index contributed by atoms with van der Waals surface area (Å²) < 4.78 is 10.5. The van der Waals surface area contributed by atoms with Crippen LogP contribution in [0.2, 0.25) is 5.02 Å². The molecule has 0 saturated carbocycles. The SMILES string of the molecule is CCc1cc(OC(=O)CCc2nc(-c3ccccc3)no2)ccc1Cl. The maximum atomic E-state index is 12.0. The normalized spacial score (nSPS) is 10.6. The zero-order valence-corrected chi connectivity index (χ0v) is 14.5. The minimum Gasteiger partial charge on any atom is -0.427 e. The highest BCUT2D eigenvalue weighted by Crippen LogP contribution is 2.23. The van der Waals surface area contributed by atoms with E-state index in [1.807, 2.05) is 37.3 Å². The predicted molar refractivity (Wildman–Crippen MR) is 94.5 cm³/mol. The van der Waals surface area contributed by atoms with Crippen molar-refractivity contribution < 1.29 is 14.1 Å². The molecule has 0 fully saturated rings. The van der Waals surface area contributed by atoms with Crippen molar-refractivity contribution >= 4 is 17.6 Å². The van der Waals surface area contributed by atoms with E-state index in [1.165, 1.54) is 0 Å². The Bertz CT molecular complexity index is 862. The molecule has 25 heavy (non-hydrogen) atoms. The van der Waals surface area contributed by atoms with Gasteiger partial charge in [-0.2, -0.15) is 4.98 Å². The number of hydrogen-bond acceptors (Lipinski definition) is 5. The fourth-order valence-electron chi connectivity index (χ4n) is 2.34. The highest BCUT2D eigenvalue weighted by Gasteiger charge is 2.12. The van der Waals surface area contributed by atoms with Crippen molar-refractivity contribution in [2.75, 3.05) is 0 Å². The Labute approximate surface area is 150 Å². The Hall–Kier alpha value is -2.66. The summed E-state index contributed by atoms with van der Waals surface area (Å²) >= 11 is 6.06. The molecule has 0 atom stereocenters. The molecule has 0 aliphatic rings. The zero-order chi connectivity index (χ0) is 17.6. The van der Waals surface area contributed by atoms with E-state index in [-0.39, 0.29) is 12.4 Å². The minimum absolute atomic E-state index is 0.153. The van der Waals surface area contributed by atoms with Crippen LogP contribution in [-0.2, 0) is 17.6 Å². The van der Waals surface area contributed by atoms with Crippen molar-refractivity contribution in [3.8, 4) is 17.1 Å². The molecule has 128 valence electrons. The molecule has 0 radical (unpaired) electrons. The molecule has 0 unspecified atom stereocenters. The second kappa shape index (κ2) is 7.94. The molecular weight excluding hydrogens is 340 g/mol. The molecule has 0 saturated heterocycles. The third-order valence-corrected chi connectivity index (χ3v) is 4.04. The summed E-state index contributed by atoms with van der Waals surface area (Å²) in [5, 5.41) is 4.60. The van der Waals surface area contributed by atoms with Crippen LogP contribution >= 0.6 is 11.6 Å². The Kier molecular flexibility index (Phi) is 5.46. The summed E-state index contributed by atoms with van der Waals surface area (Å²) in [6.45, 7) is 1.99. The number of rotatable bonds is 6. The number of ether oxygens (including phenoxy) is 1. The third-order valence-electron chi connectivity index (χ3n) is 3.67. The molecule has 2 aromatic carbocycles. The van der Waals surface area contributed by atoms with Crippen LogP contribution in [0, 0.1) is 0 Å². The fraction of sp³-hybridized carbons (Fsp3) is 0.211. The van der Waals surface area contributed by atoms with Gasteiger partial charge in [0.15, 0.2) is 0 Å². The number of esters is 1. The lowest BCUT2D eigenvalue weighted by molar-refractivity contribution is -0.134. The van der Waals surface area contributed by atoms with Gasteiger partial charge in [-0.3, -0.25) is 4.79 Å². The van der Waals surface area contributed by atoms with Gasteiger partial charge < -0.3 is 9.26 Å². The first-order chi connectivity index (χ1) is 12.2. The van der Waals surface area contributed by atoms with Gasteiger partial charge in [-0.25, -0.2) is 0 Å². The molecule has 0 aliphatic heterocycles. The first-order valence-corrected chi connectivity index (χ1v) is 8.40. The van der Waals surface area contributed by atoms with Crippen LogP contribution in [0.15, 0.2) is 53.1 Å². The number of aryl methyl sites for hydroxylation is 2. The molecule has 5 nitrogen and oxygen atoms in total. The highest BCUT2D eigenvalue weighted by atomic mass is 35.5. The van der Waals surface area contributed by atoms with Gasteiger partial charge >= 0.3 is 5.97 Å². The van der Waals surface area contributed by atoms with Gasteiger partial charge in [0.2, 0.25) is 11.7 Å². The molecule has 1 aromatic heterocycles. The molecule has 0 bridgehead atoms. The van der Waals surface area contributed by atoms with Crippen molar-refractivity contribution in [3.05, 3.63) is 65.0 Å². The Morgan fingerprint density at radius 2 is 2.00 bits per heavy atom. The van der Waals surface area contributed by atoms with Crippen molar-refractivity contribution in [1.82, 2.24) is 10.1 Å². The number of benzene rings is 2. The molecule has 3 aromatic rings. The lowest BCUT2D eigenvalue weighted by Gasteiger charge is -2.06. The topological polar surface area (TPSA) is 65.2 Å². The zero-order valence-electron chi connectivity index (χ0n) is 13.7. The average Bonchev–Trinajstić information content (AvgIpc) is 3.11. The summed E-state index contributed by atoms with van der Waals surface area (Å²) in [5.74, 6) is 1.04. The van der Waals surface area contributed by atoms with E-state index >= 15 is 0 Å². The second-order valence-corrected chi connectivity index (χ2v) is 5.87. The minimum atomic E-state index is -0.358. The van der Waals surface area contributed by atoms with Gasteiger partial charge in [-0.15, -0.1) is 0 Å². The molecular formula is C19H17ClN2O3. The standard InChI is InChI=1S/C19H17ClN2O3/c1-2-13-12-15(8-9-16(13)20)24-18(23)11-10-17-21-19(22-25-17)14-6-4-3-5-7-14/h3-9,12H,2,10-11H2,1H3. The van der Waals surface area contributed by atoms with E-state index in [9.17, 15) is 4.79 Å². The van der Waals surface area contributed by atoms with Gasteiger partial charge in [0, 0.05) is 17.0 Å². The van der Waals surface area contributed by atoms with Crippen molar-refractivity contribution in [1.29, 1.82) is 0 Å². The van der Waals surface area contributed by atoms with Crippen molar-refractivity contribution in [2.24, 2.45) is 0 Å². The quantitative estimate of drug-likeness (QED) is 0.481. The Morgan fingerprint density at radius 3 is 2.76 bits per heavy atom. The molecule has 3 rings (SSSR count). The number of halogens is 1. The van der Waals surface area contributed by atoms with E-state index in [1.54, 1.807) is 18.2 Å². The van der Waals surface area contributed by atoms with E-state index in [0.717, 1.165) is 17.5 Å². The number of nitrogens with zero attached hydrogens (tertiary/aromatic N) is 2. The Balaban J connectivity index is 1.57. The van der Waals surface area contributed by atoms with E-state index in [0.29, 0.717) is 28.9 Å². The number of aromatic nitrogens is 2. The van der Waals surface area contributed by atoms with Crippen LogP contribution in [0.5, 0.6) is 5.75 Å². The first kappa shape index (κ1) is 17.2. The molecule has 0 aliphatic carbocycles. The largest absolute Gasteiger partial charge is 0.427 e. The van der Waals surface area contributed by atoms with Crippen LogP contribution in [0.25, 0.3) is 11.4 Å². The predicted octanol–water partition coefficient (Wildman–Crippen LogP) is 4.49. The van der Waals surface area contributed by atoms with Gasteiger partial charge in [0.05, 0.1) is 6.42 Å². The molecule has 0 spiro atoms. The molecule has 6 heteroatoms. The number of carbonyl (C=O) groups excluding carboxylic acids is 1. The summed E-state index contributed by atoms with van der Waals surface area (Å²) in [6, 6.07) is 14.7. The van der Waals surface area contributed by atoms with Crippen LogP contribution < -0.4 is 4.74 Å². The van der Waals surface area contributed by atoms with E-state index < -0.39 is 0 Å². The van der Waals surface area contributed by atoms with Crippen LogP contribution in [0.4, 0.5) is 0 Å². The highest BCUT2D eigenvalue weighted by molar-refractivity contribution is 6.31. The summed E-state index contributed by atoms with van der Waals surface area (Å²) in [7, 11) is 0. The van der Waals surface area contributed by atoms with Gasteiger partial charge in [-0.05, 0) is 30.2 Å².